The van der Waals surface area contributed by atoms with Crippen LogP contribution in [0.3, 0.4) is 0 Å². The maximum atomic E-state index is 13.1. The number of ketones is 1. The molecule has 0 saturated heterocycles. The molecule has 0 amide bonds. The number of benzene rings is 2. The number of hydrogen-bond acceptors (Lipinski definition) is 5. The average molecular weight is 410 g/mol. The highest BCUT2D eigenvalue weighted by atomic mass is 32.2. The Hall–Kier alpha value is -2.77. The van der Waals surface area contributed by atoms with Crippen LogP contribution in [-0.2, 0) is 6.54 Å². The van der Waals surface area contributed by atoms with E-state index in [9.17, 15) is 9.18 Å². The van der Waals surface area contributed by atoms with Gasteiger partial charge < -0.3 is 0 Å². The van der Waals surface area contributed by atoms with Gasteiger partial charge in [0.1, 0.15) is 5.82 Å². The average Bonchev–Trinajstić information content (AvgIpc) is 3.37. The predicted octanol–water partition coefficient (Wildman–Crippen LogP) is 5.17. The first-order valence-corrected chi connectivity index (χ1v) is 10.5. The summed E-state index contributed by atoms with van der Waals surface area (Å²) in [5.41, 5.74) is 1.62. The molecule has 0 atom stereocenters. The summed E-state index contributed by atoms with van der Waals surface area (Å²) in [6.45, 7) is 0.619. The first kappa shape index (κ1) is 18.6. The largest absolute Gasteiger partial charge is 0.297 e. The van der Waals surface area contributed by atoms with Gasteiger partial charge in [-0.05, 0) is 41.3 Å². The molecule has 4 rings (SSSR count). The van der Waals surface area contributed by atoms with Gasteiger partial charge in [0, 0.05) is 5.56 Å². The minimum atomic E-state index is -0.354. The van der Waals surface area contributed by atoms with Crippen molar-refractivity contribution in [2.45, 2.75) is 11.7 Å². The van der Waals surface area contributed by atoms with E-state index >= 15 is 0 Å². The third-order valence-electron chi connectivity index (χ3n) is 4.14. The molecule has 0 bridgehead atoms. The summed E-state index contributed by atoms with van der Waals surface area (Å²) in [5, 5.41) is 11.4. The summed E-state index contributed by atoms with van der Waals surface area (Å²) in [7, 11) is 0. The Labute approximate surface area is 170 Å². The van der Waals surface area contributed by atoms with Gasteiger partial charge in [0.25, 0.3) is 0 Å². The predicted molar refractivity (Wildman–Crippen MR) is 110 cm³/mol. The molecule has 140 valence electrons. The fraction of sp³-hybridized carbons (Fsp3) is 0.0952. The molecule has 4 nitrogen and oxygen atoms in total. The summed E-state index contributed by atoms with van der Waals surface area (Å²) < 4.78 is 15.1. The molecule has 0 N–H and O–H groups in total. The first-order valence-electron chi connectivity index (χ1n) is 8.63. The van der Waals surface area contributed by atoms with E-state index in [1.165, 1.54) is 36.0 Å². The highest BCUT2D eigenvalue weighted by Crippen LogP contribution is 2.28. The zero-order valence-corrected chi connectivity index (χ0v) is 16.4. The van der Waals surface area contributed by atoms with E-state index in [0.717, 1.165) is 16.3 Å². The molecule has 0 fully saturated rings. The van der Waals surface area contributed by atoms with Gasteiger partial charge in [0.15, 0.2) is 16.8 Å². The van der Waals surface area contributed by atoms with Gasteiger partial charge in [0.05, 0.1) is 17.2 Å². The van der Waals surface area contributed by atoms with Crippen LogP contribution in [-0.4, -0.2) is 26.3 Å². The molecule has 0 saturated carbocycles. The van der Waals surface area contributed by atoms with Crippen LogP contribution in [0.5, 0.6) is 0 Å². The summed E-state index contributed by atoms with van der Waals surface area (Å²) in [6, 6.07) is 19.7. The monoisotopic (exact) mass is 409 g/mol. The fourth-order valence-electron chi connectivity index (χ4n) is 2.74. The van der Waals surface area contributed by atoms with Crippen LogP contribution in [0.2, 0.25) is 0 Å². The van der Waals surface area contributed by atoms with Gasteiger partial charge >= 0.3 is 0 Å². The maximum Gasteiger partial charge on any atom is 0.192 e. The minimum absolute atomic E-state index is 0.0723. The van der Waals surface area contributed by atoms with Gasteiger partial charge in [-0.2, -0.15) is 0 Å². The quantitative estimate of drug-likeness (QED) is 0.312. The van der Waals surface area contributed by atoms with Crippen molar-refractivity contribution in [3.63, 3.8) is 0 Å². The van der Waals surface area contributed by atoms with Crippen molar-refractivity contribution in [1.29, 1.82) is 0 Å². The Morgan fingerprint density at radius 3 is 2.50 bits per heavy atom. The van der Waals surface area contributed by atoms with Crippen molar-refractivity contribution in [3.8, 4) is 10.7 Å². The van der Waals surface area contributed by atoms with E-state index in [0.29, 0.717) is 17.3 Å². The lowest BCUT2D eigenvalue weighted by Gasteiger charge is -2.09. The van der Waals surface area contributed by atoms with Crippen LogP contribution in [0.4, 0.5) is 4.39 Å². The lowest BCUT2D eigenvalue weighted by Crippen LogP contribution is -2.07. The minimum Gasteiger partial charge on any atom is -0.297 e. The van der Waals surface area contributed by atoms with Crippen LogP contribution in [0.15, 0.2) is 77.3 Å². The van der Waals surface area contributed by atoms with E-state index in [-0.39, 0.29) is 17.4 Å². The third kappa shape index (κ3) is 4.21. The standard InChI is InChI=1S/C21H16FN3OS2/c22-17-10-8-16(9-11-17)18(26)14-28-21-24-23-20(19-7-4-12-27-19)25(21)13-15-5-2-1-3-6-15/h1-12H,13-14H2. The van der Waals surface area contributed by atoms with Gasteiger partial charge in [0.2, 0.25) is 0 Å². The second-order valence-corrected chi connectivity index (χ2v) is 7.96. The molecule has 0 unspecified atom stereocenters. The van der Waals surface area contributed by atoms with Gasteiger partial charge in [-0.25, -0.2) is 4.39 Å². The summed E-state index contributed by atoms with van der Waals surface area (Å²) in [6.07, 6.45) is 0. The fourth-order valence-corrected chi connectivity index (χ4v) is 4.29. The normalized spacial score (nSPS) is 10.9. The number of thioether (sulfide) groups is 1. The van der Waals surface area contributed by atoms with Crippen molar-refractivity contribution >= 4 is 28.9 Å². The van der Waals surface area contributed by atoms with Crippen molar-refractivity contribution in [1.82, 2.24) is 14.8 Å². The molecule has 0 spiro atoms. The number of hydrogen-bond donors (Lipinski definition) is 0. The second kappa shape index (κ2) is 8.50. The van der Waals surface area contributed by atoms with Crippen LogP contribution >= 0.6 is 23.1 Å². The van der Waals surface area contributed by atoms with Crippen molar-refractivity contribution < 1.29 is 9.18 Å². The van der Waals surface area contributed by atoms with E-state index < -0.39 is 0 Å². The third-order valence-corrected chi connectivity index (χ3v) is 5.97. The number of aromatic nitrogens is 3. The molecule has 0 aliphatic carbocycles. The lowest BCUT2D eigenvalue weighted by molar-refractivity contribution is 0.102. The van der Waals surface area contributed by atoms with Crippen LogP contribution in [0.1, 0.15) is 15.9 Å². The summed E-state index contributed by atoms with van der Waals surface area (Å²) >= 11 is 2.94. The Morgan fingerprint density at radius 1 is 1.00 bits per heavy atom. The molecule has 4 aromatic rings. The van der Waals surface area contributed by atoms with E-state index in [4.69, 9.17) is 0 Å². The molecule has 0 aliphatic heterocycles. The number of rotatable bonds is 7. The Kier molecular flexibility index (Phi) is 5.64. The highest BCUT2D eigenvalue weighted by Gasteiger charge is 2.17. The molecule has 0 radical (unpaired) electrons. The number of halogens is 1. The SMILES string of the molecule is O=C(CSc1nnc(-c2cccs2)n1Cc1ccccc1)c1ccc(F)cc1. The number of Topliss-reactive ketones (excluding diaryl/α,β-unsaturated/α-hetero) is 1. The van der Waals surface area contributed by atoms with Gasteiger partial charge in [-0.3, -0.25) is 9.36 Å². The topological polar surface area (TPSA) is 47.8 Å². The van der Waals surface area contributed by atoms with Crippen molar-refractivity contribution in [3.05, 3.63) is 89.1 Å². The molecular formula is C21H16FN3OS2. The number of nitrogens with zero attached hydrogens (tertiary/aromatic N) is 3. The maximum absolute atomic E-state index is 13.1. The molecule has 2 aromatic carbocycles. The van der Waals surface area contributed by atoms with E-state index in [2.05, 4.69) is 22.3 Å². The molecule has 0 aliphatic rings. The molecule has 7 heteroatoms. The first-order chi connectivity index (χ1) is 13.7. The van der Waals surface area contributed by atoms with Gasteiger partial charge in [-0.1, -0.05) is 48.2 Å². The zero-order valence-electron chi connectivity index (χ0n) is 14.8. The highest BCUT2D eigenvalue weighted by molar-refractivity contribution is 7.99. The number of carbonyl (C=O) groups is 1. The molecule has 2 heterocycles. The summed E-state index contributed by atoms with van der Waals surface area (Å²) in [5.74, 6) is 0.572. The Morgan fingerprint density at radius 2 is 1.79 bits per heavy atom. The van der Waals surface area contributed by atoms with E-state index in [1.54, 1.807) is 11.3 Å². The summed E-state index contributed by atoms with van der Waals surface area (Å²) in [4.78, 5) is 13.5. The van der Waals surface area contributed by atoms with Crippen LogP contribution in [0, 0.1) is 5.82 Å². The van der Waals surface area contributed by atoms with Gasteiger partial charge in [-0.15, -0.1) is 21.5 Å². The van der Waals surface area contributed by atoms with Crippen LogP contribution < -0.4 is 0 Å². The molecular weight excluding hydrogens is 393 g/mol. The smallest absolute Gasteiger partial charge is 0.192 e. The Bertz CT molecular complexity index is 1060. The lowest BCUT2D eigenvalue weighted by atomic mass is 10.1. The van der Waals surface area contributed by atoms with Crippen molar-refractivity contribution in [2.75, 3.05) is 5.75 Å². The van der Waals surface area contributed by atoms with Crippen molar-refractivity contribution in [2.24, 2.45) is 0 Å². The number of carbonyl (C=O) groups excluding carboxylic acids is 1. The molecule has 2 aromatic heterocycles. The van der Waals surface area contributed by atoms with Crippen LogP contribution in [0.25, 0.3) is 10.7 Å². The second-order valence-electron chi connectivity index (χ2n) is 6.07. The zero-order chi connectivity index (χ0) is 19.3. The number of thiophene rings is 1. The Balaban J connectivity index is 1.57. The molecule has 28 heavy (non-hydrogen) atoms. The van der Waals surface area contributed by atoms with E-state index in [1.807, 2.05) is 40.3 Å².